The molecule has 4 heteroatoms. The van der Waals surface area contributed by atoms with Crippen molar-refractivity contribution >= 4 is 11.7 Å². The first-order chi connectivity index (χ1) is 8.72. The summed E-state index contributed by atoms with van der Waals surface area (Å²) >= 11 is 0. The Kier molecular flexibility index (Phi) is 4.20. The lowest BCUT2D eigenvalue weighted by atomic mass is 9.86. The van der Waals surface area contributed by atoms with Crippen molar-refractivity contribution in [2.75, 3.05) is 19.4 Å². The zero-order chi connectivity index (χ0) is 13.0. The van der Waals surface area contributed by atoms with Crippen molar-refractivity contribution in [2.45, 2.75) is 31.2 Å². The third kappa shape index (κ3) is 2.82. The van der Waals surface area contributed by atoms with Gasteiger partial charge < -0.3 is 15.8 Å². The molecular weight excluding hydrogens is 228 g/mol. The molecule has 1 aromatic rings. The van der Waals surface area contributed by atoms with Crippen LogP contribution in [0, 0.1) is 0 Å². The normalized spacial score (nSPS) is 21.3. The number of carbonyl (C=O) groups is 1. The predicted octanol–water partition coefficient (Wildman–Crippen LogP) is 1.67. The third-order valence-electron chi connectivity index (χ3n) is 3.50. The summed E-state index contributed by atoms with van der Waals surface area (Å²) < 4.78 is 4.94. The average Bonchev–Trinajstić information content (AvgIpc) is 2.42. The number of rotatable bonds is 3. The van der Waals surface area contributed by atoms with Crippen LogP contribution in [0.25, 0.3) is 0 Å². The quantitative estimate of drug-likeness (QED) is 0.631. The summed E-state index contributed by atoms with van der Waals surface area (Å²) in [5.74, 6) is -0.421. The van der Waals surface area contributed by atoms with E-state index in [2.05, 4.69) is 5.32 Å². The van der Waals surface area contributed by atoms with Crippen LogP contribution < -0.4 is 11.1 Å². The van der Waals surface area contributed by atoms with Gasteiger partial charge in [-0.25, -0.2) is 0 Å². The van der Waals surface area contributed by atoms with Gasteiger partial charge in [0, 0.05) is 11.7 Å². The zero-order valence-corrected chi connectivity index (χ0v) is 10.7. The van der Waals surface area contributed by atoms with Crippen LogP contribution in [-0.2, 0) is 9.53 Å². The molecule has 2 atom stereocenters. The minimum atomic E-state index is -0.240. The number of nitrogens with one attached hydrogen (secondary N) is 1. The van der Waals surface area contributed by atoms with E-state index in [1.807, 2.05) is 24.3 Å². The Bertz CT molecular complexity index is 397. The van der Waals surface area contributed by atoms with Crippen LogP contribution in [0.1, 0.15) is 30.7 Å². The first kappa shape index (κ1) is 12.9. The lowest BCUT2D eigenvalue weighted by Gasteiger charge is -2.30. The SMILES string of the molecule is COC(=O)[C@@H](c1ccc(N)cc1)[C@@H]1CCCCN1. The predicted molar refractivity (Wildman–Crippen MR) is 71.3 cm³/mol. The fraction of sp³-hybridized carbons (Fsp3) is 0.500. The highest BCUT2D eigenvalue weighted by atomic mass is 16.5. The van der Waals surface area contributed by atoms with E-state index in [1.165, 1.54) is 13.5 Å². The van der Waals surface area contributed by atoms with E-state index < -0.39 is 0 Å². The van der Waals surface area contributed by atoms with Crippen molar-refractivity contribution in [2.24, 2.45) is 0 Å². The van der Waals surface area contributed by atoms with Crippen LogP contribution in [0.2, 0.25) is 0 Å². The summed E-state index contributed by atoms with van der Waals surface area (Å²) in [6.45, 7) is 0.965. The summed E-state index contributed by atoms with van der Waals surface area (Å²) in [6, 6.07) is 7.64. The summed E-state index contributed by atoms with van der Waals surface area (Å²) in [5, 5.41) is 3.42. The summed E-state index contributed by atoms with van der Waals surface area (Å²) in [4.78, 5) is 12.0. The van der Waals surface area contributed by atoms with Gasteiger partial charge in [0.15, 0.2) is 0 Å². The zero-order valence-electron chi connectivity index (χ0n) is 10.7. The third-order valence-corrected chi connectivity index (χ3v) is 3.50. The first-order valence-electron chi connectivity index (χ1n) is 6.39. The lowest BCUT2D eigenvalue weighted by Crippen LogP contribution is -2.42. The van der Waals surface area contributed by atoms with E-state index in [0.717, 1.165) is 24.9 Å². The molecule has 1 aromatic carbocycles. The molecule has 1 saturated heterocycles. The minimum Gasteiger partial charge on any atom is -0.469 e. The molecular formula is C14H20N2O2. The van der Waals surface area contributed by atoms with Gasteiger partial charge in [0.05, 0.1) is 13.0 Å². The van der Waals surface area contributed by atoms with Gasteiger partial charge in [-0.15, -0.1) is 0 Å². The molecule has 0 aliphatic carbocycles. The largest absolute Gasteiger partial charge is 0.469 e. The van der Waals surface area contributed by atoms with E-state index in [9.17, 15) is 4.79 Å². The Morgan fingerprint density at radius 2 is 2.11 bits per heavy atom. The molecule has 0 radical (unpaired) electrons. The number of ether oxygens (including phenoxy) is 1. The molecule has 98 valence electrons. The summed E-state index contributed by atoms with van der Waals surface area (Å²) in [5.41, 5.74) is 7.36. The van der Waals surface area contributed by atoms with E-state index in [-0.39, 0.29) is 17.9 Å². The number of nitrogens with two attached hydrogens (primary N) is 1. The number of hydrogen-bond donors (Lipinski definition) is 2. The maximum absolute atomic E-state index is 12.0. The first-order valence-corrected chi connectivity index (χ1v) is 6.39. The molecule has 1 heterocycles. The second kappa shape index (κ2) is 5.87. The molecule has 1 aliphatic heterocycles. The van der Waals surface area contributed by atoms with Crippen molar-refractivity contribution in [3.8, 4) is 0 Å². The minimum absolute atomic E-state index is 0.162. The van der Waals surface area contributed by atoms with Gasteiger partial charge in [-0.05, 0) is 37.1 Å². The average molecular weight is 248 g/mol. The summed E-state index contributed by atoms with van der Waals surface area (Å²) in [6.07, 6.45) is 3.33. The Labute approximate surface area is 108 Å². The highest BCUT2D eigenvalue weighted by Gasteiger charge is 2.31. The van der Waals surface area contributed by atoms with Gasteiger partial charge in [0.2, 0.25) is 0 Å². The van der Waals surface area contributed by atoms with Crippen molar-refractivity contribution in [1.29, 1.82) is 0 Å². The fourth-order valence-corrected chi connectivity index (χ4v) is 2.53. The van der Waals surface area contributed by atoms with Gasteiger partial charge in [-0.1, -0.05) is 18.6 Å². The van der Waals surface area contributed by atoms with E-state index in [1.54, 1.807) is 0 Å². The Morgan fingerprint density at radius 1 is 1.39 bits per heavy atom. The van der Waals surface area contributed by atoms with Crippen LogP contribution in [0.3, 0.4) is 0 Å². The molecule has 18 heavy (non-hydrogen) atoms. The fourth-order valence-electron chi connectivity index (χ4n) is 2.53. The highest BCUT2D eigenvalue weighted by molar-refractivity contribution is 5.79. The van der Waals surface area contributed by atoms with Crippen LogP contribution >= 0.6 is 0 Å². The number of methoxy groups -OCH3 is 1. The number of esters is 1. The Hall–Kier alpha value is -1.55. The van der Waals surface area contributed by atoms with Crippen molar-refractivity contribution < 1.29 is 9.53 Å². The molecule has 1 fully saturated rings. The van der Waals surface area contributed by atoms with Crippen LogP contribution in [-0.4, -0.2) is 25.7 Å². The van der Waals surface area contributed by atoms with Crippen LogP contribution in [0.5, 0.6) is 0 Å². The highest BCUT2D eigenvalue weighted by Crippen LogP contribution is 2.27. The molecule has 0 amide bonds. The van der Waals surface area contributed by atoms with Gasteiger partial charge in [-0.2, -0.15) is 0 Å². The molecule has 0 saturated carbocycles. The van der Waals surface area contributed by atoms with Crippen molar-refractivity contribution in [3.63, 3.8) is 0 Å². The monoisotopic (exact) mass is 248 g/mol. The molecule has 0 bridgehead atoms. The molecule has 0 unspecified atom stereocenters. The number of hydrogen-bond acceptors (Lipinski definition) is 4. The Balaban J connectivity index is 2.23. The standard InChI is InChI=1S/C14H20N2O2/c1-18-14(17)13(12-4-2-3-9-16-12)10-5-7-11(15)8-6-10/h5-8,12-13,16H,2-4,9,15H2,1H3/t12-,13-/m0/s1. The smallest absolute Gasteiger partial charge is 0.314 e. The molecule has 1 aliphatic rings. The maximum atomic E-state index is 12.0. The van der Waals surface area contributed by atoms with Gasteiger partial charge in [0.1, 0.15) is 0 Å². The number of benzene rings is 1. The summed E-state index contributed by atoms with van der Waals surface area (Å²) in [7, 11) is 1.44. The van der Waals surface area contributed by atoms with E-state index in [0.29, 0.717) is 5.69 Å². The molecule has 0 spiro atoms. The van der Waals surface area contributed by atoms with Crippen molar-refractivity contribution in [1.82, 2.24) is 5.32 Å². The van der Waals surface area contributed by atoms with Gasteiger partial charge in [-0.3, -0.25) is 4.79 Å². The van der Waals surface area contributed by atoms with E-state index >= 15 is 0 Å². The molecule has 0 aromatic heterocycles. The molecule has 3 N–H and O–H groups in total. The maximum Gasteiger partial charge on any atom is 0.314 e. The second-order valence-electron chi connectivity index (χ2n) is 4.72. The van der Waals surface area contributed by atoms with Gasteiger partial charge >= 0.3 is 5.97 Å². The number of piperidine rings is 1. The van der Waals surface area contributed by atoms with Crippen LogP contribution in [0.15, 0.2) is 24.3 Å². The van der Waals surface area contributed by atoms with Crippen LogP contribution in [0.4, 0.5) is 5.69 Å². The van der Waals surface area contributed by atoms with Gasteiger partial charge in [0.25, 0.3) is 0 Å². The van der Waals surface area contributed by atoms with Crippen molar-refractivity contribution in [3.05, 3.63) is 29.8 Å². The Morgan fingerprint density at radius 3 is 2.67 bits per heavy atom. The number of nitrogen functional groups attached to an aromatic ring is 1. The van der Waals surface area contributed by atoms with E-state index in [4.69, 9.17) is 10.5 Å². The number of anilines is 1. The number of carbonyl (C=O) groups excluding carboxylic acids is 1. The topological polar surface area (TPSA) is 64.3 Å². The lowest BCUT2D eigenvalue weighted by molar-refractivity contribution is -0.143. The molecule has 2 rings (SSSR count). The molecule has 4 nitrogen and oxygen atoms in total. The second-order valence-corrected chi connectivity index (χ2v) is 4.72.